The van der Waals surface area contributed by atoms with Crippen molar-refractivity contribution in [2.24, 2.45) is 0 Å². The van der Waals surface area contributed by atoms with E-state index in [1.54, 1.807) is 9.42 Å². The number of hydrogen-bond acceptors (Lipinski definition) is 5. The molecule has 0 radical (unpaired) electrons. The zero-order valence-corrected chi connectivity index (χ0v) is 17.7. The second kappa shape index (κ2) is 7.26. The lowest BCUT2D eigenvalue weighted by Gasteiger charge is -2.19. The van der Waals surface area contributed by atoms with Gasteiger partial charge in [-0.15, -0.1) is 15.3 Å². The number of hydrogen-bond donors (Lipinski definition) is 1. The van der Waals surface area contributed by atoms with Crippen molar-refractivity contribution in [2.45, 2.75) is 33.1 Å². The molecule has 0 spiro atoms. The molecule has 142 valence electrons. The van der Waals surface area contributed by atoms with Gasteiger partial charge in [-0.25, -0.2) is 0 Å². The molecule has 0 fully saturated rings. The normalized spacial score (nSPS) is 11.6. The van der Waals surface area contributed by atoms with Crippen LogP contribution in [0.2, 0.25) is 0 Å². The Balaban J connectivity index is 1.77. The molecular weight excluding hydrogens is 408 g/mol. The van der Waals surface area contributed by atoms with Crippen molar-refractivity contribution in [3.05, 3.63) is 46.2 Å². The predicted molar refractivity (Wildman–Crippen MR) is 110 cm³/mol. The maximum absolute atomic E-state index is 12.4. The monoisotopic (exact) mass is 430 g/mol. The number of fused-ring (bicyclic) bond motifs is 1. The SMILES string of the molecule is Cc1cc(Br)ccc1NC(=O)CN(C)c1ccc2nnc(C(C)(C)C)n2n1. The quantitative estimate of drug-likeness (QED) is 0.684. The number of amides is 1. The predicted octanol–water partition coefficient (Wildman–Crippen LogP) is 3.57. The third-order valence-corrected chi connectivity index (χ3v) is 4.65. The number of nitrogens with one attached hydrogen (secondary N) is 1. The largest absolute Gasteiger partial charge is 0.349 e. The fourth-order valence-electron chi connectivity index (χ4n) is 2.70. The number of anilines is 2. The van der Waals surface area contributed by atoms with Crippen molar-refractivity contribution in [1.82, 2.24) is 19.8 Å². The van der Waals surface area contributed by atoms with Crippen LogP contribution in [0.5, 0.6) is 0 Å². The summed E-state index contributed by atoms with van der Waals surface area (Å²) in [6.45, 7) is 8.33. The molecule has 2 heterocycles. The van der Waals surface area contributed by atoms with E-state index >= 15 is 0 Å². The van der Waals surface area contributed by atoms with Crippen LogP contribution in [0.25, 0.3) is 5.65 Å². The van der Waals surface area contributed by atoms with Gasteiger partial charge in [-0.1, -0.05) is 36.7 Å². The third kappa shape index (κ3) is 4.27. The molecule has 7 nitrogen and oxygen atoms in total. The van der Waals surface area contributed by atoms with Gasteiger partial charge >= 0.3 is 0 Å². The van der Waals surface area contributed by atoms with Gasteiger partial charge in [-0.3, -0.25) is 4.79 Å². The first-order valence-electron chi connectivity index (χ1n) is 8.65. The molecule has 0 aliphatic heterocycles. The van der Waals surface area contributed by atoms with Gasteiger partial charge < -0.3 is 10.2 Å². The van der Waals surface area contributed by atoms with Crippen molar-refractivity contribution in [2.75, 3.05) is 23.8 Å². The molecule has 0 atom stereocenters. The summed E-state index contributed by atoms with van der Waals surface area (Å²) in [6.07, 6.45) is 0. The van der Waals surface area contributed by atoms with Crippen molar-refractivity contribution < 1.29 is 4.79 Å². The van der Waals surface area contributed by atoms with Crippen LogP contribution in [0.3, 0.4) is 0 Å². The fraction of sp³-hybridized carbons (Fsp3) is 0.368. The van der Waals surface area contributed by atoms with Crippen LogP contribution in [0.15, 0.2) is 34.8 Å². The summed E-state index contributed by atoms with van der Waals surface area (Å²) in [5, 5.41) is 16.0. The summed E-state index contributed by atoms with van der Waals surface area (Å²) >= 11 is 3.43. The summed E-state index contributed by atoms with van der Waals surface area (Å²) in [7, 11) is 1.84. The van der Waals surface area contributed by atoms with E-state index in [1.807, 2.05) is 44.3 Å². The summed E-state index contributed by atoms with van der Waals surface area (Å²) in [5.74, 6) is 1.35. The maximum atomic E-state index is 12.4. The summed E-state index contributed by atoms with van der Waals surface area (Å²) in [5.41, 5.74) is 2.31. The molecule has 27 heavy (non-hydrogen) atoms. The topological polar surface area (TPSA) is 75.4 Å². The minimum Gasteiger partial charge on any atom is -0.349 e. The van der Waals surface area contributed by atoms with Gasteiger partial charge in [0.15, 0.2) is 11.5 Å². The van der Waals surface area contributed by atoms with Crippen LogP contribution >= 0.6 is 15.9 Å². The lowest BCUT2D eigenvalue weighted by Crippen LogP contribution is -2.31. The Kier molecular flexibility index (Phi) is 5.19. The Morgan fingerprint density at radius 2 is 1.96 bits per heavy atom. The standard InChI is InChI=1S/C19H23BrN6O/c1-12-10-13(20)6-7-14(12)21-17(27)11-25(5)16-9-8-15-22-23-18(19(2,3)4)26(15)24-16/h6-10H,11H2,1-5H3,(H,21,27). The van der Waals surface area contributed by atoms with Gasteiger partial charge in [-0.05, 0) is 42.8 Å². The van der Waals surface area contributed by atoms with Gasteiger partial charge in [0.2, 0.25) is 5.91 Å². The highest BCUT2D eigenvalue weighted by molar-refractivity contribution is 9.10. The van der Waals surface area contributed by atoms with Gasteiger partial charge in [0.25, 0.3) is 0 Å². The molecule has 3 aromatic rings. The summed E-state index contributed by atoms with van der Waals surface area (Å²) in [4.78, 5) is 14.3. The van der Waals surface area contributed by atoms with E-state index in [0.717, 1.165) is 21.5 Å². The molecule has 1 aromatic carbocycles. The van der Waals surface area contributed by atoms with E-state index in [2.05, 4.69) is 57.3 Å². The molecule has 2 aromatic heterocycles. The van der Waals surface area contributed by atoms with Crippen molar-refractivity contribution in [1.29, 1.82) is 0 Å². The van der Waals surface area contributed by atoms with Crippen LogP contribution < -0.4 is 10.2 Å². The Hall–Kier alpha value is -2.48. The molecule has 0 aliphatic carbocycles. The number of carbonyl (C=O) groups excluding carboxylic acids is 1. The molecule has 0 saturated heterocycles. The number of carbonyl (C=O) groups is 1. The fourth-order valence-corrected chi connectivity index (χ4v) is 3.18. The Morgan fingerprint density at radius 1 is 1.22 bits per heavy atom. The van der Waals surface area contributed by atoms with E-state index in [4.69, 9.17) is 0 Å². The van der Waals surface area contributed by atoms with Gasteiger partial charge in [0.1, 0.15) is 5.82 Å². The van der Waals surface area contributed by atoms with Gasteiger partial charge in [0.05, 0.1) is 6.54 Å². The van der Waals surface area contributed by atoms with Crippen LogP contribution in [0, 0.1) is 6.92 Å². The Bertz CT molecular complexity index is 992. The average Bonchev–Trinajstić information content (AvgIpc) is 3.00. The van der Waals surface area contributed by atoms with E-state index < -0.39 is 0 Å². The van der Waals surface area contributed by atoms with E-state index in [0.29, 0.717) is 11.5 Å². The minimum atomic E-state index is -0.180. The number of likely N-dealkylation sites (N-methyl/N-ethyl adjacent to an activating group) is 1. The summed E-state index contributed by atoms with van der Waals surface area (Å²) < 4.78 is 2.72. The van der Waals surface area contributed by atoms with Crippen LogP contribution in [0.4, 0.5) is 11.5 Å². The molecular formula is C19H23BrN6O. The first kappa shape index (κ1) is 19.3. The minimum absolute atomic E-state index is 0.107. The number of aryl methyl sites for hydroxylation is 1. The molecule has 0 aliphatic rings. The van der Waals surface area contributed by atoms with E-state index in [-0.39, 0.29) is 17.9 Å². The number of aromatic nitrogens is 4. The van der Waals surface area contributed by atoms with Gasteiger partial charge in [-0.2, -0.15) is 4.52 Å². The number of benzene rings is 1. The molecule has 1 N–H and O–H groups in total. The second-order valence-corrected chi connectivity index (χ2v) is 8.51. The molecule has 0 bridgehead atoms. The number of rotatable bonds is 4. The Morgan fingerprint density at radius 3 is 2.63 bits per heavy atom. The first-order chi connectivity index (χ1) is 12.6. The molecule has 1 amide bonds. The second-order valence-electron chi connectivity index (χ2n) is 7.60. The molecule has 8 heteroatoms. The van der Waals surface area contributed by atoms with Gasteiger partial charge in [0, 0.05) is 22.6 Å². The zero-order valence-electron chi connectivity index (χ0n) is 16.1. The molecule has 0 saturated carbocycles. The number of nitrogens with zero attached hydrogens (tertiary/aromatic N) is 5. The van der Waals surface area contributed by atoms with Crippen molar-refractivity contribution >= 4 is 39.0 Å². The highest BCUT2D eigenvalue weighted by Crippen LogP contribution is 2.22. The average molecular weight is 431 g/mol. The van der Waals surface area contributed by atoms with Crippen LogP contribution in [-0.2, 0) is 10.2 Å². The lowest BCUT2D eigenvalue weighted by molar-refractivity contribution is -0.114. The van der Waals surface area contributed by atoms with Crippen molar-refractivity contribution in [3.8, 4) is 0 Å². The first-order valence-corrected chi connectivity index (χ1v) is 9.44. The van der Waals surface area contributed by atoms with Crippen molar-refractivity contribution in [3.63, 3.8) is 0 Å². The Labute approximate surface area is 166 Å². The zero-order chi connectivity index (χ0) is 19.8. The third-order valence-electron chi connectivity index (χ3n) is 4.15. The number of halogens is 1. The highest BCUT2D eigenvalue weighted by atomic mass is 79.9. The van der Waals surface area contributed by atoms with Crippen LogP contribution in [-0.4, -0.2) is 39.3 Å². The molecule has 0 unspecified atom stereocenters. The van der Waals surface area contributed by atoms with Crippen LogP contribution in [0.1, 0.15) is 32.2 Å². The molecule has 3 rings (SSSR count). The van der Waals surface area contributed by atoms with E-state index in [1.165, 1.54) is 0 Å². The van der Waals surface area contributed by atoms with E-state index in [9.17, 15) is 4.79 Å². The maximum Gasteiger partial charge on any atom is 0.243 e. The summed E-state index contributed by atoms with van der Waals surface area (Å²) in [6, 6.07) is 9.46. The smallest absolute Gasteiger partial charge is 0.243 e. The lowest BCUT2D eigenvalue weighted by atomic mass is 9.96. The highest BCUT2D eigenvalue weighted by Gasteiger charge is 2.22.